The molecule has 0 aliphatic heterocycles. The molecule has 0 saturated heterocycles. The number of hydrogen-bond acceptors (Lipinski definition) is 3. The van der Waals surface area contributed by atoms with Crippen LogP contribution >= 0.6 is 22.6 Å². The average molecular weight is 446 g/mol. The zero-order valence-electron chi connectivity index (χ0n) is 13.9. The Hall–Kier alpha value is -1.99. The van der Waals surface area contributed by atoms with Crippen LogP contribution in [0.15, 0.2) is 47.3 Å². The molecule has 5 heteroatoms. The van der Waals surface area contributed by atoms with E-state index >= 15 is 0 Å². The van der Waals surface area contributed by atoms with Gasteiger partial charge in [0, 0.05) is 16.7 Å². The van der Waals surface area contributed by atoms with Crippen molar-refractivity contribution in [1.29, 1.82) is 0 Å². The number of fused-ring (bicyclic) bond motifs is 1. The maximum absolute atomic E-state index is 12.9. The van der Waals surface area contributed by atoms with Crippen molar-refractivity contribution >= 4 is 45.6 Å². The molecule has 0 bridgehead atoms. The van der Waals surface area contributed by atoms with Crippen LogP contribution in [0.25, 0.3) is 23.1 Å². The topological polar surface area (TPSA) is 55.1 Å². The van der Waals surface area contributed by atoms with Gasteiger partial charge in [0.15, 0.2) is 0 Å². The summed E-state index contributed by atoms with van der Waals surface area (Å²) in [7, 11) is 0. The van der Waals surface area contributed by atoms with Gasteiger partial charge in [-0.2, -0.15) is 0 Å². The van der Waals surface area contributed by atoms with Gasteiger partial charge < -0.3 is 5.11 Å². The van der Waals surface area contributed by atoms with Gasteiger partial charge in [-0.25, -0.2) is 4.98 Å². The minimum Gasteiger partial charge on any atom is -0.396 e. The zero-order chi connectivity index (χ0) is 17.8. The summed E-state index contributed by atoms with van der Waals surface area (Å²) in [4.78, 5) is 17.5. The monoisotopic (exact) mass is 446 g/mol. The van der Waals surface area contributed by atoms with Crippen molar-refractivity contribution in [2.75, 3.05) is 6.61 Å². The Labute approximate surface area is 160 Å². The molecule has 0 aliphatic rings. The highest BCUT2D eigenvalue weighted by atomic mass is 127. The molecular formula is C20H19IN2O2. The van der Waals surface area contributed by atoms with Crippen LogP contribution in [0.2, 0.25) is 0 Å². The Morgan fingerprint density at radius 2 is 2.04 bits per heavy atom. The van der Waals surface area contributed by atoms with Crippen LogP contribution in [0.1, 0.15) is 23.4 Å². The molecule has 3 rings (SSSR count). The number of nitrogens with zero attached hydrogens (tertiary/aromatic N) is 2. The van der Waals surface area contributed by atoms with E-state index in [9.17, 15) is 4.79 Å². The lowest BCUT2D eigenvalue weighted by Crippen LogP contribution is -2.24. The van der Waals surface area contributed by atoms with Gasteiger partial charge in [0.1, 0.15) is 5.82 Å². The Morgan fingerprint density at radius 3 is 2.80 bits per heavy atom. The smallest absolute Gasteiger partial charge is 0.261 e. The molecule has 0 spiro atoms. The summed E-state index contributed by atoms with van der Waals surface area (Å²) in [6.07, 6.45) is 4.34. The van der Waals surface area contributed by atoms with E-state index < -0.39 is 0 Å². The maximum Gasteiger partial charge on any atom is 0.261 e. The highest BCUT2D eigenvalue weighted by molar-refractivity contribution is 14.1. The highest BCUT2D eigenvalue weighted by Gasteiger charge is 2.09. The van der Waals surface area contributed by atoms with Gasteiger partial charge in [-0.05, 0) is 65.8 Å². The molecule has 0 saturated carbocycles. The van der Waals surface area contributed by atoms with E-state index in [-0.39, 0.29) is 12.2 Å². The Bertz CT molecular complexity index is 993. The molecule has 1 N–H and O–H groups in total. The van der Waals surface area contributed by atoms with Gasteiger partial charge >= 0.3 is 0 Å². The van der Waals surface area contributed by atoms with Crippen LogP contribution in [0.3, 0.4) is 0 Å². The van der Waals surface area contributed by atoms with Crippen molar-refractivity contribution < 1.29 is 5.11 Å². The van der Waals surface area contributed by atoms with Crippen LogP contribution in [-0.2, 0) is 6.54 Å². The standard InChI is InChI=1S/C20H19IN2O2/c1-14-4-2-5-15(12-14)6-9-19-22-18-8-7-16(21)13-17(18)20(25)23(19)10-3-11-24/h2,4-9,12-13,24H,3,10-11H2,1H3/b9-6+. The minimum absolute atomic E-state index is 0.0395. The zero-order valence-corrected chi connectivity index (χ0v) is 16.1. The largest absolute Gasteiger partial charge is 0.396 e. The number of aliphatic hydroxyl groups excluding tert-OH is 1. The molecular weight excluding hydrogens is 427 g/mol. The first-order valence-corrected chi connectivity index (χ1v) is 9.22. The van der Waals surface area contributed by atoms with Gasteiger partial charge in [0.05, 0.1) is 10.9 Å². The Balaban J connectivity index is 2.11. The molecule has 2 aromatic carbocycles. The molecule has 0 aliphatic carbocycles. The number of halogens is 1. The second-order valence-corrected chi connectivity index (χ2v) is 7.16. The lowest BCUT2D eigenvalue weighted by molar-refractivity contribution is 0.278. The number of rotatable bonds is 5. The van der Waals surface area contributed by atoms with Crippen LogP contribution in [0.5, 0.6) is 0 Å². The fourth-order valence-corrected chi connectivity index (χ4v) is 3.22. The molecule has 0 amide bonds. The lowest BCUT2D eigenvalue weighted by atomic mass is 10.1. The average Bonchev–Trinajstić information content (AvgIpc) is 2.60. The van der Waals surface area contributed by atoms with Gasteiger partial charge in [-0.15, -0.1) is 0 Å². The first-order chi connectivity index (χ1) is 12.1. The summed E-state index contributed by atoms with van der Waals surface area (Å²) in [6, 6.07) is 13.8. The van der Waals surface area contributed by atoms with Crippen molar-refractivity contribution in [2.45, 2.75) is 19.9 Å². The predicted molar refractivity (Wildman–Crippen MR) is 111 cm³/mol. The number of hydrogen-bond donors (Lipinski definition) is 1. The van der Waals surface area contributed by atoms with E-state index in [1.54, 1.807) is 4.57 Å². The minimum atomic E-state index is -0.0686. The number of aliphatic hydroxyl groups is 1. The van der Waals surface area contributed by atoms with Crippen LogP contribution in [0, 0.1) is 10.5 Å². The van der Waals surface area contributed by atoms with E-state index in [4.69, 9.17) is 5.11 Å². The maximum atomic E-state index is 12.9. The predicted octanol–water partition coefficient (Wildman–Crippen LogP) is 3.86. The van der Waals surface area contributed by atoms with E-state index in [1.807, 2.05) is 55.5 Å². The molecule has 1 aromatic heterocycles. The summed E-state index contributed by atoms with van der Waals surface area (Å²) in [6.45, 7) is 2.53. The molecule has 4 nitrogen and oxygen atoms in total. The molecule has 128 valence electrons. The van der Waals surface area contributed by atoms with Crippen molar-refractivity contribution in [3.8, 4) is 0 Å². The van der Waals surface area contributed by atoms with Crippen molar-refractivity contribution in [1.82, 2.24) is 9.55 Å². The second-order valence-electron chi connectivity index (χ2n) is 5.91. The van der Waals surface area contributed by atoms with Crippen LogP contribution in [-0.4, -0.2) is 21.3 Å². The molecule has 0 radical (unpaired) electrons. The van der Waals surface area contributed by atoms with Crippen LogP contribution < -0.4 is 5.56 Å². The normalized spacial score (nSPS) is 11.5. The molecule has 3 aromatic rings. The van der Waals surface area contributed by atoms with Crippen molar-refractivity contribution in [3.05, 3.63) is 73.3 Å². The van der Waals surface area contributed by atoms with E-state index in [1.165, 1.54) is 5.56 Å². The quantitative estimate of drug-likeness (QED) is 0.606. The van der Waals surface area contributed by atoms with Gasteiger partial charge in [-0.1, -0.05) is 35.9 Å². The third kappa shape index (κ3) is 4.16. The lowest BCUT2D eigenvalue weighted by Gasteiger charge is -2.11. The summed E-state index contributed by atoms with van der Waals surface area (Å²) in [5.41, 5.74) is 2.86. The second kappa shape index (κ2) is 7.93. The first kappa shape index (κ1) is 17.8. The van der Waals surface area contributed by atoms with E-state index in [2.05, 4.69) is 33.6 Å². The number of aryl methyl sites for hydroxylation is 1. The molecule has 0 fully saturated rings. The summed E-state index contributed by atoms with van der Waals surface area (Å²) in [5.74, 6) is 0.605. The Kier molecular flexibility index (Phi) is 5.65. The van der Waals surface area contributed by atoms with Crippen molar-refractivity contribution in [2.24, 2.45) is 0 Å². The van der Waals surface area contributed by atoms with E-state index in [0.29, 0.717) is 29.7 Å². The summed E-state index contributed by atoms with van der Waals surface area (Å²) in [5, 5.41) is 9.76. The molecule has 0 atom stereocenters. The first-order valence-electron chi connectivity index (χ1n) is 8.14. The SMILES string of the molecule is Cc1cccc(/C=C/c2nc3ccc(I)cc3c(=O)n2CCCO)c1. The summed E-state index contributed by atoms with van der Waals surface area (Å²) < 4.78 is 2.64. The van der Waals surface area contributed by atoms with Gasteiger partial charge in [0.25, 0.3) is 5.56 Å². The van der Waals surface area contributed by atoms with Gasteiger partial charge in [-0.3, -0.25) is 9.36 Å². The summed E-state index contributed by atoms with van der Waals surface area (Å²) >= 11 is 2.19. The Morgan fingerprint density at radius 1 is 1.20 bits per heavy atom. The third-order valence-electron chi connectivity index (χ3n) is 3.95. The van der Waals surface area contributed by atoms with Crippen molar-refractivity contribution in [3.63, 3.8) is 0 Å². The third-order valence-corrected chi connectivity index (χ3v) is 4.62. The number of benzene rings is 2. The molecule has 1 heterocycles. The highest BCUT2D eigenvalue weighted by Crippen LogP contribution is 2.15. The van der Waals surface area contributed by atoms with E-state index in [0.717, 1.165) is 9.13 Å². The molecule has 0 unspecified atom stereocenters. The fraction of sp³-hybridized carbons (Fsp3) is 0.200. The fourth-order valence-electron chi connectivity index (χ4n) is 2.73. The van der Waals surface area contributed by atoms with Crippen LogP contribution in [0.4, 0.5) is 0 Å². The molecule has 25 heavy (non-hydrogen) atoms. The number of aromatic nitrogens is 2. The van der Waals surface area contributed by atoms with Gasteiger partial charge in [0.2, 0.25) is 0 Å².